The molecule has 0 aliphatic rings. The van der Waals surface area contributed by atoms with Crippen molar-refractivity contribution >= 4 is 13.9 Å². The summed E-state index contributed by atoms with van der Waals surface area (Å²) in [6.45, 7) is 1.04. The molecule has 0 fully saturated rings. The van der Waals surface area contributed by atoms with Gasteiger partial charge in [0.25, 0.3) is 0 Å². The Bertz CT molecular complexity index is 322. The molecule has 12 heavy (non-hydrogen) atoms. The maximum Gasteiger partial charge on any atom is 0.373 e. The monoisotopic (exact) mass is 190 g/mol. The van der Waals surface area contributed by atoms with Crippen LogP contribution in [0.2, 0.25) is 0 Å². The second-order valence-corrected chi connectivity index (χ2v) is 3.99. The van der Waals surface area contributed by atoms with Gasteiger partial charge in [0.05, 0.1) is 0 Å². The van der Waals surface area contributed by atoms with Crippen LogP contribution in [0.5, 0.6) is 5.75 Å². The van der Waals surface area contributed by atoms with Gasteiger partial charge in [0.15, 0.2) is 17.8 Å². The van der Waals surface area contributed by atoms with Crippen LogP contribution in [0.25, 0.3) is 0 Å². The quantitative estimate of drug-likeness (QED) is 0.573. The molecule has 1 rings (SSSR count). The summed E-state index contributed by atoms with van der Waals surface area (Å²) >= 11 is 0. The fourth-order valence-corrected chi connectivity index (χ4v) is 1.13. The van der Waals surface area contributed by atoms with Crippen LogP contribution in [0.3, 0.4) is 0 Å². The fourth-order valence-electron chi connectivity index (χ4n) is 0.640. The van der Waals surface area contributed by atoms with E-state index >= 15 is 0 Å². The van der Waals surface area contributed by atoms with Crippen molar-refractivity contribution < 1.29 is 23.2 Å². The lowest BCUT2D eigenvalue weighted by molar-refractivity contribution is 0.110. The van der Waals surface area contributed by atoms with Crippen molar-refractivity contribution in [1.29, 1.82) is 0 Å². The first-order chi connectivity index (χ1) is 5.51. The lowest BCUT2D eigenvalue weighted by Crippen LogP contribution is -1.86. The van der Waals surface area contributed by atoms with Crippen molar-refractivity contribution in [2.24, 2.45) is 0 Å². The number of hydrogen-bond acceptors (Lipinski definition) is 4. The van der Waals surface area contributed by atoms with E-state index in [0.717, 1.165) is 12.9 Å². The number of furan rings is 1. The number of carbonyl (C=O) groups is 1. The summed E-state index contributed by atoms with van der Waals surface area (Å²) < 4.78 is 19.9. The Hall–Kier alpha value is -1.06. The Balaban J connectivity index is 2.77. The summed E-state index contributed by atoms with van der Waals surface area (Å²) in [5, 5.41) is 0. The third kappa shape index (κ3) is 2.53. The first kappa shape index (κ1) is 9.03. The van der Waals surface area contributed by atoms with Gasteiger partial charge in [-0.15, -0.1) is 0 Å². The summed E-state index contributed by atoms with van der Waals surface area (Å²) in [5.41, 5.74) is 0. The average molecular weight is 190 g/mol. The zero-order valence-corrected chi connectivity index (χ0v) is 7.15. The molecule has 0 spiro atoms. The van der Waals surface area contributed by atoms with Crippen molar-refractivity contribution in [3.05, 3.63) is 18.1 Å². The van der Waals surface area contributed by atoms with E-state index in [1.807, 2.05) is 0 Å². The lowest BCUT2D eigenvalue weighted by atomic mass is 10.5. The summed E-state index contributed by atoms with van der Waals surface area (Å²) in [4.78, 5) is 18.9. The summed E-state index contributed by atoms with van der Waals surface area (Å²) in [6.07, 6.45) is 1.57. The van der Waals surface area contributed by atoms with Gasteiger partial charge in [-0.25, -0.2) is 4.57 Å². The van der Waals surface area contributed by atoms with E-state index < -0.39 is 7.60 Å². The van der Waals surface area contributed by atoms with E-state index in [-0.39, 0.29) is 11.5 Å². The highest BCUT2D eigenvalue weighted by molar-refractivity contribution is 7.52. The topological polar surface area (TPSA) is 76.7 Å². The Kier molecular flexibility index (Phi) is 2.35. The maximum atomic E-state index is 10.7. The maximum absolute atomic E-state index is 10.7. The Morgan fingerprint density at radius 1 is 1.75 bits per heavy atom. The van der Waals surface area contributed by atoms with Crippen LogP contribution in [0, 0.1) is 0 Å². The molecule has 0 amide bonds. The summed E-state index contributed by atoms with van der Waals surface area (Å²) in [7, 11) is -3.56. The molecule has 0 bridgehead atoms. The van der Waals surface area contributed by atoms with Crippen molar-refractivity contribution in [2.45, 2.75) is 0 Å². The fraction of sp³-hybridized carbons (Fsp3) is 0.167. The van der Waals surface area contributed by atoms with Gasteiger partial charge in [-0.2, -0.15) is 0 Å². The van der Waals surface area contributed by atoms with E-state index in [1.54, 1.807) is 0 Å². The summed E-state index contributed by atoms with van der Waals surface area (Å²) in [5.74, 6) is 0.129. The van der Waals surface area contributed by atoms with Gasteiger partial charge in [-0.05, 0) is 0 Å². The van der Waals surface area contributed by atoms with Gasteiger partial charge in [0.1, 0.15) is 6.26 Å². The minimum atomic E-state index is -3.56. The molecule has 1 heterocycles. The van der Waals surface area contributed by atoms with Crippen molar-refractivity contribution in [3.63, 3.8) is 0 Å². The molecule has 1 atom stereocenters. The number of hydrogen-bond donors (Lipinski definition) is 1. The molecule has 1 aromatic heterocycles. The molecular formula is C6H7O5P. The van der Waals surface area contributed by atoms with Gasteiger partial charge < -0.3 is 13.8 Å². The lowest BCUT2D eigenvalue weighted by Gasteiger charge is -2.03. The highest BCUT2D eigenvalue weighted by Crippen LogP contribution is 2.38. The molecule has 0 aromatic carbocycles. The minimum Gasteiger partial charge on any atom is -0.458 e. The number of aldehydes is 1. The Morgan fingerprint density at radius 3 is 2.83 bits per heavy atom. The standard InChI is InChI=1S/C6H7O5P/c1-12(8,9)11-6-2-5(3-7)10-4-6/h2-4H,1H3,(H,8,9). The first-order valence-electron chi connectivity index (χ1n) is 3.05. The van der Waals surface area contributed by atoms with Crippen LogP contribution in [0.4, 0.5) is 0 Å². The van der Waals surface area contributed by atoms with E-state index in [4.69, 9.17) is 4.89 Å². The van der Waals surface area contributed by atoms with Crippen molar-refractivity contribution in [3.8, 4) is 5.75 Å². The van der Waals surface area contributed by atoms with Gasteiger partial charge >= 0.3 is 7.60 Å². The van der Waals surface area contributed by atoms with Gasteiger partial charge in [-0.3, -0.25) is 4.79 Å². The molecule has 0 aliphatic heterocycles. The molecular weight excluding hydrogens is 183 g/mol. The van der Waals surface area contributed by atoms with E-state index in [1.165, 1.54) is 6.07 Å². The van der Waals surface area contributed by atoms with Crippen LogP contribution in [0.15, 0.2) is 16.7 Å². The molecule has 0 saturated carbocycles. The molecule has 0 aliphatic carbocycles. The molecule has 6 heteroatoms. The van der Waals surface area contributed by atoms with E-state index in [9.17, 15) is 9.36 Å². The highest BCUT2D eigenvalue weighted by atomic mass is 31.2. The van der Waals surface area contributed by atoms with Crippen LogP contribution in [-0.2, 0) is 4.57 Å². The number of rotatable bonds is 3. The second kappa shape index (κ2) is 3.13. The van der Waals surface area contributed by atoms with Gasteiger partial charge in [-0.1, -0.05) is 0 Å². The van der Waals surface area contributed by atoms with E-state index in [2.05, 4.69) is 8.94 Å². The van der Waals surface area contributed by atoms with E-state index in [0.29, 0.717) is 6.29 Å². The van der Waals surface area contributed by atoms with Crippen molar-refractivity contribution in [2.75, 3.05) is 6.66 Å². The predicted octanol–water partition coefficient (Wildman–Crippen LogP) is 1.29. The third-order valence-electron chi connectivity index (χ3n) is 0.987. The molecule has 1 N–H and O–H groups in total. The first-order valence-corrected chi connectivity index (χ1v) is 5.07. The molecule has 1 unspecified atom stereocenters. The zero-order chi connectivity index (χ0) is 9.19. The smallest absolute Gasteiger partial charge is 0.373 e. The zero-order valence-electron chi connectivity index (χ0n) is 6.26. The van der Waals surface area contributed by atoms with Crippen LogP contribution in [0.1, 0.15) is 10.6 Å². The minimum absolute atomic E-state index is 0.0541. The third-order valence-corrected chi connectivity index (χ3v) is 1.54. The largest absolute Gasteiger partial charge is 0.458 e. The normalized spacial score (nSPS) is 15.2. The molecule has 0 radical (unpaired) electrons. The molecule has 1 aromatic rings. The number of carbonyl (C=O) groups excluding carboxylic acids is 1. The Labute approximate surface area is 68.5 Å². The van der Waals surface area contributed by atoms with Crippen LogP contribution in [-0.4, -0.2) is 17.8 Å². The average Bonchev–Trinajstić information content (AvgIpc) is 2.32. The van der Waals surface area contributed by atoms with Gasteiger partial charge in [0, 0.05) is 12.7 Å². The van der Waals surface area contributed by atoms with Gasteiger partial charge in [0.2, 0.25) is 0 Å². The molecule has 5 nitrogen and oxygen atoms in total. The molecule has 66 valence electrons. The summed E-state index contributed by atoms with van der Waals surface area (Å²) in [6, 6.07) is 1.24. The highest BCUT2D eigenvalue weighted by Gasteiger charge is 2.13. The van der Waals surface area contributed by atoms with Crippen LogP contribution < -0.4 is 4.52 Å². The predicted molar refractivity (Wildman–Crippen MR) is 40.5 cm³/mol. The Morgan fingerprint density at radius 2 is 2.42 bits per heavy atom. The van der Waals surface area contributed by atoms with Crippen LogP contribution >= 0.6 is 7.60 Å². The molecule has 0 saturated heterocycles. The second-order valence-electron chi connectivity index (χ2n) is 2.20. The van der Waals surface area contributed by atoms with Crippen molar-refractivity contribution in [1.82, 2.24) is 0 Å². The SMILES string of the molecule is CP(=O)(O)Oc1coc(C=O)c1.